The van der Waals surface area contributed by atoms with Gasteiger partial charge in [-0.25, -0.2) is 5.43 Å². The lowest BCUT2D eigenvalue weighted by Crippen LogP contribution is -2.20. The number of aromatic nitrogens is 3. The number of nitrogens with zero attached hydrogens (tertiary/aromatic N) is 4. The first-order valence-electron chi connectivity index (χ1n) is 10.2. The summed E-state index contributed by atoms with van der Waals surface area (Å²) < 4.78 is 7.13. The molecule has 0 saturated carbocycles. The van der Waals surface area contributed by atoms with Crippen LogP contribution in [0.1, 0.15) is 5.56 Å². The van der Waals surface area contributed by atoms with Gasteiger partial charge in [0, 0.05) is 11.3 Å². The number of phenolic OH excluding ortho intramolecular Hbond substituents is 2. The van der Waals surface area contributed by atoms with E-state index in [1.807, 2.05) is 59.2 Å². The summed E-state index contributed by atoms with van der Waals surface area (Å²) in [6.45, 7) is 0. The number of nitrogens with one attached hydrogen (secondary N) is 1. The van der Waals surface area contributed by atoms with Gasteiger partial charge in [0.1, 0.15) is 5.75 Å². The van der Waals surface area contributed by atoms with E-state index in [1.54, 1.807) is 13.2 Å². The van der Waals surface area contributed by atoms with Gasteiger partial charge in [-0.15, -0.1) is 10.2 Å². The summed E-state index contributed by atoms with van der Waals surface area (Å²) in [6.07, 6.45) is 1.37. The first kappa shape index (κ1) is 22.9. The highest BCUT2D eigenvalue weighted by Gasteiger charge is 2.17. The van der Waals surface area contributed by atoms with Crippen LogP contribution in [0, 0.1) is 0 Å². The minimum Gasteiger partial charge on any atom is -0.504 e. The molecule has 4 aromatic rings. The fraction of sp³-hybridized carbons (Fsp3) is 0.0833. The Labute approximate surface area is 199 Å². The third-order valence-corrected chi connectivity index (χ3v) is 5.66. The molecule has 1 amide bonds. The molecule has 4 rings (SSSR count). The molecule has 1 heterocycles. The average molecular weight is 476 g/mol. The number of rotatable bonds is 8. The van der Waals surface area contributed by atoms with Crippen molar-refractivity contribution in [2.24, 2.45) is 5.10 Å². The van der Waals surface area contributed by atoms with Crippen molar-refractivity contribution in [2.45, 2.75) is 5.16 Å². The molecule has 34 heavy (non-hydrogen) atoms. The number of thioether (sulfide) groups is 1. The molecule has 0 spiro atoms. The molecule has 1 aromatic heterocycles. The highest BCUT2D eigenvalue weighted by Crippen LogP contribution is 2.29. The second kappa shape index (κ2) is 10.5. The molecule has 10 heteroatoms. The van der Waals surface area contributed by atoms with E-state index >= 15 is 0 Å². The number of para-hydroxylation sites is 1. The Morgan fingerprint density at radius 1 is 1.06 bits per heavy atom. The predicted octanol–water partition coefficient (Wildman–Crippen LogP) is 3.60. The fourth-order valence-electron chi connectivity index (χ4n) is 3.06. The summed E-state index contributed by atoms with van der Waals surface area (Å²) in [5.74, 6) is 0.614. The van der Waals surface area contributed by atoms with E-state index in [2.05, 4.69) is 20.7 Å². The Bertz CT molecular complexity index is 1310. The Kier molecular flexibility index (Phi) is 7.09. The van der Waals surface area contributed by atoms with Crippen LogP contribution < -0.4 is 10.2 Å². The number of hydrogen-bond donors (Lipinski definition) is 3. The van der Waals surface area contributed by atoms with Crippen molar-refractivity contribution in [3.8, 4) is 34.3 Å². The minimum absolute atomic E-state index is 0.0613. The van der Waals surface area contributed by atoms with E-state index in [4.69, 9.17) is 4.74 Å². The predicted molar refractivity (Wildman–Crippen MR) is 130 cm³/mol. The van der Waals surface area contributed by atoms with Crippen LogP contribution in [-0.2, 0) is 4.79 Å². The number of carbonyl (C=O) groups is 1. The number of amides is 1. The number of aromatic hydroxyl groups is 2. The zero-order valence-electron chi connectivity index (χ0n) is 18.1. The Balaban J connectivity index is 1.49. The van der Waals surface area contributed by atoms with Gasteiger partial charge < -0.3 is 14.9 Å². The van der Waals surface area contributed by atoms with E-state index in [-0.39, 0.29) is 23.2 Å². The molecule has 9 nitrogen and oxygen atoms in total. The van der Waals surface area contributed by atoms with E-state index in [1.165, 1.54) is 30.1 Å². The standard InChI is InChI=1S/C24H21N5O4S/c1-33-19-10-8-17(9-11-19)23-27-28-24(29(23)18-5-3-2-4-6-18)34-15-22(32)26-25-14-16-7-12-20(30)21(31)13-16/h2-14,30-31H,15H2,1H3,(H,26,32). The number of carbonyl (C=O) groups excluding carboxylic acids is 1. The molecule has 0 fully saturated rings. The Morgan fingerprint density at radius 2 is 1.82 bits per heavy atom. The number of methoxy groups -OCH3 is 1. The van der Waals surface area contributed by atoms with Crippen molar-refractivity contribution in [2.75, 3.05) is 12.9 Å². The Hall–Kier alpha value is -4.31. The minimum atomic E-state index is -0.335. The summed E-state index contributed by atoms with van der Waals surface area (Å²) in [6, 6.07) is 21.4. The van der Waals surface area contributed by atoms with Gasteiger partial charge in [0.2, 0.25) is 0 Å². The molecule has 0 saturated heterocycles. The third-order valence-electron chi connectivity index (χ3n) is 4.73. The normalized spacial score (nSPS) is 11.0. The summed E-state index contributed by atoms with van der Waals surface area (Å²) >= 11 is 1.23. The van der Waals surface area contributed by atoms with E-state index in [9.17, 15) is 15.0 Å². The highest BCUT2D eigenvalue weighted by molar-refractivity contribution is 7.99. The number of hydrazone groups is 1. The number of hydrogen-bond acceptors (Lipinski definition) is 8. The molecule has 0 unspecified atom stereocenters. The molecule has 0 bridgehead atoms. The lowest BCUT2D eigenvalue weighted by Gasteiger charge is -2.10. The molecular formula is C24H21N5O4S. The monoisotopic (exact) mass is 475 g/mol. The summed E-state index contributed by atoms with van der Waals surface area (Å²) in [5.41, 5.74) is 4.69. The number of phenols is 2. The number of ether oxygens (including phenoxy) is 1. The van der Waals surface area contributed by atoms with Crippen LogP contribution in [-0.4, -0.2) is 50.0 Å². The Morgan fingerprint density at radius 3 is 2.53 bits per heavy atom. The largest absolute Gasteiger partial charge is 0.504 e. The molecule has 3 aromatic carbocycles. The van der Waals surface area contributed by atoms with Crippen LogP contribution in [0.25, 0.3) is 17.1 Å². The maximum Gasteiger partial charge on any atom is 0.250 e. The van der Waals surface area contributed by atoms with Crippen LogP contribution in [0.4, 0.5) is 0 Å². The lowest BCUT2D eigenvalue weighted by molar-refractivity contribution is -0.118. The van der Waals surface area contributed by atoms with Crippen LogP contribution in [0.15, 0.2) is 83.1 Å². The van der Waals surface area contributed by atoms with Gasteiger partial charge in [0.25, 0.3) is 5.91 Å². The number of benzene rings is 3. The molecule has 0 atom stereocenters. The summed E-state index contributed by atoms with van der Waals surface area (Å²) in [7, 11) is 1.61. The van der Waals surface area contributed by atoms with E-state index in [0.717, 1.165) is 17.0 Å². The van der Waals surface area contributed by atoms with E-state index < -0.39 is 0 Å². The van der Waals surface area contributed by atoms with Crippen LogP contribution >= 0.6 is 11.8 Å². The fourth-order valence-corrected chi connectivity index (χ4v) is 3.81. The highest BCUT2D eigenvalue weighted by atomic mass is 32.2. The van der Waals surface area contributed by atoms with Gasteiger partial charge in [-0.2, -0.15) is 5.10 Å². The molecule has 3 N–H and O–H groups in total. The van der Waals surface area contributed by atoms with Gasteiger partial charge >= 0.3 is 0 Å². The SMILES string of the molecule is COc1ccc(-c2nnc(SCC(=O)NN=Cc3ccc(O)c(O)c3)n2-c2ccccc2)cc1. The van der Waals surface area contributed by atoms with Crippen molar-refractivity contribution in [1.82, 2.24) is 20.2 Å². The summed E-state index contributed by atoms with van der Waals surface area (Å²) in [4.78, 5) is 12.3. The van der Waals surface area contributed by atoms with Crippen molar-refractivity contribution >= 4 is 23.9 Å². The van der Waals surface area contributed by atoms with Gasteiger partial charge in [0.05, 0.1) is 19.1 Å². The van der Waals surface area contributed by atoms with Crippen molar-refractivity contribution in [3.05, 3.63) is 78.4 Å². The van der Waals surface area contributed by atoms with Crippen LogP contribution in [0.5, 0.6) is 17.2 Å². The van der Waals surface area contributed by atoms with Gasteiger partial charge in [0.15, 0.2) is 22.5 Å². The van der Waals surface area contributed by atoms with Crippen molar-refractivity contribution in [3.63, 3.8) is 0 Å². The van der Waals surface area contributed by atoms with Crippen LogP contribution in [0.2, 0.25) is 0 Å². The van der Waals surface area contributed by atoms with Gasteiger partial charge in [-0.3, -0.25) is 9.36 Å². The molecule has 172 valence electrons. The lowest BCUT2D eigenvalue weighted by atomic mass is 10.2. The first-order chi connectivity index (χ1) is 16.5. The smallest absolute Gasteiger partial charge is 0.250 e. The van der Waals surface area contributed by atoms with Gasteiger partial charge in [-0.1, -0.05) is 30.0 Å². The maximum absolute atomic E-state index is 12.3. The van der Waals surface area contributed by atoms with Gasteiger partial charge in [-0.05, 0) is 60.2 Å². The molecule has 0 aliphatic heterocycles. The molecule has 0 aliphatic carbocycles. The van der Waals surface area contributed by atoms with Crippen molar-refractivity contribution in [1.29, 1.82) is 0 Å². The average Bonchev–Trinajstić information content (AvgIpc) is 3.29. The molecular weight excluding hydrogens is 454 g/mol. The van der Waals surface area contributed by atoms with Crippen LogP contribution in [0.3, 0.4) is 0 Å². The zero-order valence-corrected chi connectivity index (χ0v) is 18.9. The second-order valence-corrected chi connectivity index (χ2v) is 7.98. The topological polar surface area (TPSA) is 122 Å². The van der Waals surface area contributed by atoms with Crippen molar-refractivity contribution < 1.29 is 19.7 Å². The summed E-state index contributed by atoms with van der Waals surface area (Å²) in [5, 5.41) is 32.0. The first-order valence-corrected chi connectivity index (χ1v) is 11.2. The molecule has 0 aliphatic rings. The second-order valence-electron chi connectivity index (χ2n) is 7.04. The zero-order chi connectivity index (χ0) is 23.9. The quantitative estimate of drug-likeness (QED) is 0.154. The maximum atomic E-state index is 12.3. The van der Waals surface area contributed by atoms with E-state index in [0.29, 0.717) is 16.5 Å². The third kappa shape index (κ3) is 5.36. The molecule has 0 radical (unpaired) electrons.